The average Bonchev–Trinajstić information content (AvgIpc) is 3.27. The number of nitrogens with one attached hydrogen (secondary N) is 1. The Balaban J connectivity index is 1.42. The second-order valence-corrected chi connectivity index (χ2v) is 6.68. The molecule has 6 nitrogen and oxygen atoms in total. The number of carbonyl (C=O) groups excluding carboxylic acids is 1. The Kier molecular flexibility index (Phi) is 3.14. The molecule has 1 aromatic heterocycles. The van der Waals surface area contributed by atoms with Crippen LogP contribution in [0.25, 0.3) is 11.3 Å². The molecule has 0 fully saturated rings. The second-order valence-electron chi connectivity index (χ2n) is 5.60. The van der Waals surface area contributed by atoms with Gasteiger partial charge in [-0.2, -0.15) is 0 Å². The summed E-state index contributed by atoms with van der Waals surface area (Å²) in [5.74, 6) is 1.80. The fourth-order valence-electron chi connectivity index (χ4n) is 2.85. The monoisotopic (exact) mass is 352 g/mol. The highest BCUT2D eigenvalue weighted by molar-refractivity contribution is 7.16. The van der Waals surface area contributed by atoms with E-state index in [2.05, 4.69) is 10.3 Å². The predicted molar refractivity (Wildman–Crippen MR) is 92.4 cm³/mol. The minimum atomic E-state index is -0.237. The maximum absolute atomic E-state index is 12.5. The molecule has 0 radical (unpaired) electrons. The van der Waals surface area contributed by atoms with E-state index < -0.39 is 0 Å². The van der Waals surface area contributed by atoms with Gasteiger partial charge in [-0.1, -0.05) is 23.5 Å². The predicted octanol–water partition coefficient (Wildman–Crippen LogP) is 3.68. The van der Waals surface area contributed by atoms with Crippen LogP contribution in [0.5, 0.6) is 17.2 Å². The molecule has 2 aromatic carbocycles. The van der Waals surface area contributed by atoms with Gasteiger partial charge < -0.3 is 14.2 Å². The maximum Gasteiger partial charge on any atom is 0.257 e. The SMILES string of the molecule is O=C(Nc1nc2c(s1)COc1ccccc1-2)c1ccc2c(c1)OCO2. The summed E-state index contributed by atoms with van der Waals surface area (Å²) in [6.07, 6.45) is 0. The van der Waals surface area contributed by atoms with Crippen LogP contribution in [0.1, 0.15) is 15.2 Å². The number of hydrogen-bond donors (Lipinski definition) is 1. The molecule has 1 N–H and O–H groups in total. The molecule has 0 spiro atoms. The summed E-state index contributed by atoms with van der Waals surface area (Å²) in [6, 6.07) is 12.9. The van der Waals surface area contributed by atoms with Crippen molar-refractivity contribution in [2.45, 2.75) is 6.61 Å². The minimum Gasteiger partial charge on any atom is -0.487 e. The number of ether oxygens (including phenoxy) is 3. The van der Waals surface area contributed by atoms with Gasteiger partial charge in [0, 0.05) is 11.1 Å². The Morgan fingerprint density at radius 3 is 2.88 bits per heavy atom. The molecular formula is C18H12N2O4S. The van der Waals surface area contributed by atoms with Crippen LogP contribution in [0.4, 0.5) is 5.13 Å². The number of amides is 1. The third kappa shape index (κ3) is 2.40. The molecule has 7 heteroatoms. The first-order valence-electron chi connectivity index (χ1n) is 7.71. The number of nitrogens with zero attached hydrogens (tertiary/aromatic N) is 1. The molecule has 3 heterocycles. The van der Waals surface area contributed by atoms with Crippen molar-refractivity contribution in [1.29, 1.82) is 0 Å². The highest BCUT2D eigenvalue weighted by atomic mass is 32.1. The Morgan fingerprint density at radius 2 is 1.92 bits per heavy atom. The zero-order valence-electron chi connectivity index (χ0n) is 12.9. The quantitative estimate of drug-likeness (QED) is 0.762. The summed E-state index contributed by atoms with van der Waals surface area (Å²) in [5.41, 5.74) is 2.31. The zero-order valence-corrected chi connectivity index (χ0v) is 13.8. The lowest BCUT2D eigenvalue weighted by atomic mass is 10.1. The number of rotatable bonds is 2. The van der Waals surface area contributed by atoms with E-state index in [4.69, 9.17) is 14.2 Å². The molecule has 1 amide bonds. The largest absolute Gasteiger partial charge is 0.487 e. The summed E-state index contributed by atoms with van der Waals surface area (Å²) in [5, 5.41) is 3.40. The van der Waals surface area contributed by atoms with Crippen molar-refractivity contribution in [1.82, 2.24) is 4.98 Å². The van der Waals surface area contributed by atoms with Crippen molar-refractivity contribution < 1.29 is 19.0 Å². The van der Waals surface area contributed by atoms with Crippen LogP contribution in [-0.2, 0) is 6.61 Å². The zero-order chi connectivity index (χ0) is 16.8. The molecule has 2 aliphatic rings. The first kappa shape index (κ1) is 14.3. The first-order valence-corrected chi connectivity index (χ1v) is 8.52. The van der Waals surface area contributed by atoms with Crippen molar-refractivity contribution in [2.24, 2.45) is 0 Å². The van der Waals surface area contributed by atoms with Gasteiger partial charge in [0.2, 0.25) is 6.79 Å². The lowest BCUT2D eigenvalue weighted by Gasteiger charge is -2.15. The van der Waals surface area contributed by atoms with Gasteiger partial charge in [0.05, 0.1) is 10.6 Å². The summed E-state index contributed by atoms with van der Waals surface area (Å²) >= 11 is 1.42. The normalized spacial score (nSPS) is 13.6. The molecule has 0 bridgehead atoms. The Morgan fingerprint density at radius 1 is 1.04 bits per heavy atom. The first-order chi connectivity index (χ1) is 12.3. The smallest absolute Gasteiger partial charge is 0.257 e. The van der Waals surface area contributed by atoms with Crippen molar-refractivity contribution in [2.75, 3.05) is 12.1 Å². The lowest BCUT2D eigenvalue weighted by Crippen LogP contribution is -2.11. The summed E-state index contributed by atoms with van der Waals surface area (Å²) in [7, 11) is 0. The van der Waals surface area contributed by atoms with Gasteiger partial charge in [0.25, 0.3) is 5.91 Å². The van der Waals surface area contributed by atoms with E-state index in [1.807, 2.05) is 24.3 Å². The fourth-order valence-corrected chi connectivity index (χ4v) is 3.74. The standard InChI is InChI=1S/C18H12N2O4S/c21-17(10-5-6-13-14(7-10)24-9-23-13)20-18-19-16-11-3-1-2-4-12(11)22-8-15(16)25-18/h1-7H,8-9H2,(H,19,20,21). The van der Waals surface area contributed by atoms with Gasteiger partial charge in [0.15, 0.2) is 16.6 Å². The van der Waals surface area contributed by atoms with Crippen molar-refractivity contribution in [3.63, 3.8) is 0 Å². The Hall–Kier alpha value is -3.06. The van der Waals surface area contributed by atoms with Crippen LogP contribution in [0.15, 0.2) is 42.5 Å². The number of fused-ring (bicyclic) bond motifs is 4. The molecule has 5 rings (SSSR count). The topological polar surface area (TPSA) is 69.7 Å². The summed E-state index contributed by atoms with van der Waals surface area (Å²) in [4.78, 5) is 18.1. The van der Waals surface area contributed by atoms with Gasteiger partial charge in [-0.3, -0.25) is 10.1 Å². The number of carbonyl (C=O) groups is 1. The van der Waals surface area contributed by atoms with Gasteiger partial charge in [0.1, 0.15) is 12.4 Å². The third-order valence-corrected chi connectivity index (χ3v) is 5.00. The second kappa shape index (κ2) is 5.49. The molecule has 0 atom stereocenters. The number of para-hydroxylation sites is 1. The van der Waals surface area contributed by atoms with E-state index in [0.29, 0.717) is 28.8 Å². The number of benzene rings is 2. The van der Waals surface area contributed by atoms with Crippen LogP contribution in [-0.4, -0.2) is 17.7 Å². The number of aromatic nitrogens is 1. The van der Waals surface area contributed by atoms with Crippen LogP contribution >= 0.6 is 11.3 Å². The van der Waals surface area contributed by atoms with E-state index in [0.717, 1.165) is 21.9 Å². The molecule has 0 aliphatic carbocycles. The molecule has 3 aromatic rings. The van der Waals surface area contributed by atoms with E-state index >= 15 is 0 Å². The van der Waals surface area contributed by atoms with Crippen molar-refractivity contribution in [3.8, 4) is 28.5 Å². The summed E-state index contributed by atoms with van der Waals surface area (Å²) in [6.45, 7) is 0.642. The van der Waals surface area contributed by atoms with Gasteiger partial charge in [-0.05, 0) is 30.3 Å². The number of anilines is 1. The highest BCUT2D eigenvalue weighted by Crippen LogP contribution is 2.41. The molecule has 124 valence electrons. The van der Waals surface area contributed by atoms with E-state index in [1.165, 1.54) is 11.3 Å². The van der Waals surface area contributed by atoms with Crippen molar-refractivity contribution >= 4 is 22.4 Å². The maximum atomic E-state index is 12.5. The fraction of sp³-hybridized carbons (Fsp3) is 0.111. The Labute approximate surface area is 147 Å². The molecule has 0 unspecified atom stereocenters. The van der Waals surface area contributed by atoms with Gasteiger partial charge in [-0.15, -0.1) is 0 Å². The average molecular weight is 352 g/mol. The van der Waals surface area contributed by atoms with E-state index in [9.17, 15) is 4.79 Å². The van der Waals surface area contributed by atoms with Gasteiger partial charge >= 0.3 is 0 Å². The van der Waals surface area contributed by atoms with Crippen LogP contribution in [0.2, 0.25) is 0 Å². The highest BCUT2D eigenvalue weighted by Gasteiger charge is 2.23. The van der Waals surface area contributed by atoms with Crippen molar-refractivity contribution in [3.05, 3.63) is 52.9 Å². The molecule has 2 aliphatic heterocycles. The van der Waals surface area contributed by atoms with E-state index in [-0.39, 0.29) is 12.7 Å². The third-order valence-electron chi connectivity index (χ3n) is 4.05. The van der Waals surface area contributed by atoms with Gasteiger partial charge in [-0.25, -0.2) is 4.98 Å². The van der Waals surface area contributed by atoms with Crippen LogP contribution in [0.3, 0.4) is 0 Å². The Bertz CT molecular complexity index is 998. The molecular weight excluding hydrogens is 340 g/mol. The number of hydrogen-bond acceptors (Lipinski definition) is 6. The minimum absolute atomic E-state index is 0.180. The van der Waals surface area contributed by atoms with Crippen LogP contribution < -0.4 is 19.5 Å². The number of thiazole rings is 1. The van der Waals surface area contributed by atoms with Crippen LogP contribution in [0, 0.1) is 0 Å². The molecule has 0 saturated carbocycles. The lowest BCUT2D eigenvalue weighted by molar-refractivity contribution is 0.102. The van der Waals surface area contributed by atoms with E-state index in [1.54, 1.807) is 18.2 Å². The summed E-state index contributed by atoms with van der Waals surface area (Å²) < 4.78 is 16.3. The molecule has 0 saturated heterocycles. The molecule has 25 heavy (non-hydrogen) atoms.